The molecular weight excluding hydrogens is 214 g/mol. The highest BCUT2D eigenvalue weighted by Crippen LogP contribution is 2.17. The van der Waals surface area contributed by atoms with Crippen molar-refractivity contribution in [3.05, 3.63) is 18.3 Å². The van der Waals surface area contributed by atoms with E-state index < -0.39 is 0 Å². The molecule has 94 valence electrons. The summed E-state index contributed by atoms with van der Waals surface area (Å²) in [5, 5.41) is 11.3. The predicted molar refractivity (Wildman–Crippen MR) is 68.7 cm³/mol. The average molecular weight is 235 g/mol. The summed E-state index contributed by atoms with van der Waals surface area (Å²) in [7, 11) is 0. The van der Waals surface area contributed by atoms with Crippen LogP contribution in [0, 0.1) is 0 Å². The van der Waals surface area contributed by atoms with E-state index in [1.807, 2.05) is 12.1 Å². The van der Waals surface area contributed by atoms with Crippen LogP contribution in [0.2, 0.25) is 0 Å². The van der Waals surface area contributed by atoms with Gasteiger partial charge in [-0.25, -0.2) is 0 Å². The number of anilines is 1. The maximum atomic E-state index is 5.93. The van der Waals surface area contributed by atoms with Gasteiger partial charge in [0, 0.05) is 37.4 Å². The summed E-state index contributed by atoms with van der Waals surface area (Å²) in [6.45, 7) is 6.38. The van der Waals surface area contributed by atoms with E-state index in [9.17, 15) is 0 Å². The van der Waals surface area contributed by atoms with Gasteiger partial charge in [-0.05, 0) is 32.4 Å². The van der Waals surface area contributed by atoms with Gasteiger partial charge in [-0.1, -0.05) is 0 Å². The molecule has 1 saturated heterocycles. The van der Waals surface area contributed by atoms with E-state index in [-0.39, 0.29) is 6.04 Å². The number of nitrogens with zero attached hydrogens (tertiary/aromatic N) is 3. The van der Waals surface area contributed by atoms with Crippen LogP contribution in [-0.4, -0.2) is 46.3 Å². The highest BCUT2D eigenvalue weighted by atomic mass is 15.2. The number of hydrogen-bond acceptors (Lipinski definition) is 5. The van der Waals surface area contributed by atoms with Gasteiger partial charge in [0.05, 0.1) is 0 Å². The summed E-state index contributed by atoms with van der Waals surface area (Å²) in [5.74, 6) is 0.854. The first-order valence-corrected chi connectivity index (χ1v) is 6.20. The number of aromatic nitrogens is 2. The SMILES string of the molecule is CC(N)[C@H](C)N1CC[C@@H](Nc2cccnn2)C1. The molecule has 1 unspecified atom stereocenters. The summed E-state index contributed by atoms with van der Waals surface area (Å²) in [4.78, 5) is 2.43. The molecule has 1 aliphatic rings. The van der Waals surface area contributed by atoms with Gasteiger partial charge >= 0.3 is 0 Å². The second-order valence-corrected chi connectivity index (χ2v) is 4.83. The molecule has 0 amide bonds. The molecule has 2 heterocycles. The quantitative estimate of drug-likeness (QED) is 0.804. The minimum Gasteiger partial charge on any atom is -0.365 e. The van der Waals surface area contributed by atoms with Gasteiger partial charge in [-0.2, -0.15) is 5.10 Å². The van der Waals surface area contributed by atoms with Crippen molar-refractivity contribution in [1.29, 1.82) is 0 Å². The Balaban J connectivity index is 1.86. The van der Waals surface area contributed by atoms with E-state index in [1.165, 1.54) is 0 Å². The van der Waals surface area contributed by atoms with Crippen molar-refractivity contribution in [1.82, 2.24) is 15.1 Å². The minimum absolute atomic E-state index is 0.213. The first-order chi connectivity index (χ1) is 8.16. The van der Waals surface area contributed by atoms with Crippen LogP contribution in [0.25, 0.3) is 0 Å². The van der Waals surface area contributed by atoms with E-state index in [2.05, 4.69) is 34.3 Å². The van der Waals surface area contributed by atoms with E-state index in [0.717, 1.165) is 25.3 Å². The smallest absolute Gasteiger partial charge is 0.148 e. The fourth-order valence-electron chi connectivity index (χ4n) is 2.20. The van der Waals surface area contributed by atoms with Crippen LogP contribution in [0.1, 0.15) is 20.3 Å². The van der Waals surface area contributed by atoms with E-state index >= 15 is 0 Å². The van der Waals surface area contributed by atoms with Crippen LogP contribution in [-0.2, 0) is 0 Å². The number of likely N-dealkylation sites (tertiary alicyclic amines) is 1. The van der Waals surface area contributed by atoms with Crippen LogP contribution >= 0.6 is 0 Å². The summed E-state index contributed by atoms with van der Waals surface area (Å²) >= 11 is 0. The average Bonchev–Trinajstić information content (AvgIpc) is 2.77. The lowest BCUT2D eigenvalue weighted by Crippen LogP contribution is -2.43. The Labute approximate surface area is 102 Å². The first-order valence-electron chi connectivity index (χ1n) is 6.20. The molecule has 0 aromatic carbocycles. The zero-order valence-electron chi connectivity index (χ0n) is 10.5. The number of rotatable bonds is 4. The summed E-state index contributed by atoms with van der Waals surface area (Å²) in [6, 6.07) is 4.94. The van der Waals surface area contributed by atoms with Crippen molar-refractivity contribution >= 4 is 5.82 Å². The minimum atomic E-state index is 0.213. The Kier molecular flexibility index (Phi) is 3.91. The molecule has 1 fully saturated rings. The third-order valence-electron chi connectivity index (χ3n) is 3.48. The number of hydrogen-bond donors (Lipinski definition) is 2. The molecule has 1 aromatic heterocycles. The summed E-state index contributed by atoms with van der Waals surface area (Å²) in [6.07, 6.45) is 2.82. The molecule has 0 radical (unpaired) electrons. The van der Waals surface area contributed by atoms with Crippen molar-refractivity contribution in [2.75, 3.05) is 18.4 Å². The number of nitrogens with two attached hydrogens (primary N) is 1. The Morgan fingerprint density at radius 3 is 3.00 bits per heavy atom. The predicted octanol–water partition coefficient (Wildman–Crippen LogP) is 0.698. The highest BCUT2D eigenvalue weighted by molar-refractivity contribution is 5.33. The van der Waals surface area contributed by atoms with Crippen molar-refractivity contribution < 1.29 is 0 Å². The third-order valence-corrected chi connectivity index (χ3v) is 3.48. The van der Waals surface area contributed by atoms with E-state index in [4.69, 9.17) is 5.73 Å². The molecule has 5 nitrogen and oxygen atoms in total. The molecule has 0 aliphatic carbocycles. The molecule has 0 saturated carbocycles. The van der Waals surface area contributed by atoms with Gasteiger partial charge in [-0.15, -0.1) is 5.10 Å². The summed E-state index contributed by atoms with van der Waals surface area (Å²) < 4.78 is 0. The Hall–Kier alpha value is -1.20. The first kappa shape index (κ1) is 12.3. The summed E-state index contributed by atoms with van der Waals surface area (Å²) in [5.41, 5.74) is 5.93. The highest BCUT2D eigenvalue weighted by Gasteiger charge is 2.27. The van der Waals surface area contributed by atoms with Gasteiger partial charge in [-0.3, -0.25) is 4.90 Å². The van der Waals surface area contributed by atoms with Gasteiger partial charge in [0.25, 0.3) is 0 Å². The molecule has 3 N–H and O–H groups in total. The molecule has 1 aliphatic heterocycles. The van der Waals surface area contributed by atoms with Gasteiger partial charge in [0.2, 0.25) is 0 Å². The lowest BCUT2D eigenvalue weighted by Gasteiger charge is -2.27. The van der Waals surface area contributed by atoms with Crippen molar-refractivity contribution in [3.63, 3.8) is 0 Å². The lowest BCUT2D eigenvalue weighted by atomic mass is 10.1. The maximum absolute atomic E-state index is 5.93. The molecule has 3 atom stereocenters. The van der Waals surface area contributed by atoms with Crippen LogP contribution in [0.15, 0.2) is 18.3 Å². The normalized spacial score (nSPS) is 24.5. The maximum Gasteiger partial charge on any atom is 0.148 e. The second-order valence-electron chi connectivity index (χ2n) is 4.83. The van der Waals surface area contributed by atoms with E-state index in [0.29, 0.717) is 12.1 Å². The Morgan fingerprint density at radius 1 is 1.53 bits per heavy atom. The van der Waals surface area contributed by atoms with Crippen LogP contribution in [0.3, 0.4) is 0 Å². The third kappa shape index (κ3) is 3.14. The lowest BCUT2D eigenvalue weighted by molar-refractivity contribution is 0.231. The largest absolute Gasteiger partial charge is 0.365 e. The van der Waals surface area contributed by atoms with E-state index in [1.54, 1.807) is 6.20 Å². The van der Waals surface area contributed by atoms with Crippen LogP contribution in [0.5, 0.6) is 0 Å². The van der Waals surface area contributed by atoms with Gasteiger partial charge in [0.1, 0.15) is 5.82 Å². The fourth-order valence-corrected chi connectivity index (χ4v) is 2.20. The molecule has 2 rings (SSSR count). The molecular formula is C12H21N5. The fraction of sp³-hybridized carbons (Fsp3) is 0.667. The number of nitrogens with one attached hydrogen (secondary N) is 1. The molecule has 0 bridgehead atoms. The van der Waals surface area contributed by atoms with Gasteiger partial charge < -0.3 is 11.1 Å². The van der Waals surface area contributed by atoms with Gasteiger partial charge in [0.15, 0.2) is 0 Å². The second kappa shape index (κ2) is 5.42. The Bertz CT molecular complexity index is 340. The molecule has 5 heteroatoms. The van der Waals surface area contributed by atoms with Crippen LogP contribution in [0.4, 0.5) is 5.82 Å². The van der Waals surface area contributed by atoms with Crippen molar-refractivity contribution in [2.24, 2.45) is 5.73 Å². The zero-order chi connectivity index (χ0) is 12.3. The topological polar surface area (TPSA) is 67.1 Å². The van der Waals surface area contributed by atoms with Crippen molar-refractivity contribution in [2.45, 2.75) is 38.4 Å². The standard InChI is InChI=1S/C12H21N5/c1-9(13)10(2)17-7-5-11(8-17)15-12-4-3-6-14-16-12/h3-4,6,9-11H,5,7-8,13H2,1-2H3,(H,15,16)/t9?,10-,11+/m0/s1. The Morgan fingerprint density at radius 2 is 2.35 bits per heavy atom. The molecule has 0 spiro atoms. The van der Waals surface area contributed by atoms with Crippen LogP contribution < -0.4 is 11.1 Å². The monoisotopic (exact) mass is 235 g/mol. The zero-order valence-corrected chi connectivity index (χ0v) is 10.5. The molecule has 1 aromatic rings. The molecule has 17 heavy (non-hydrogen) atoms. The van der Waals surface area contributed by atoms with Crippen molar-refractivity contribution in [3.8, 4) is 0 Å².